The highest BCUT2D eigenvalue weighted by atomic mass is 16.8. The van der Waals surface area contributed by atoms with Gasteiger partial charge in [0.05, 0.1) is 38.6 Å². The van der Waals surface area contributed by atoms with E-state index >= 15 is 0 Å². The summed E-state index contributed by atoms with van der Waals surface area (Å²) in [6, 6.07) is -0.982. The van der Waals surface area contributed by atoms with Crippen LogP contribution in [0, 0.1) is 0 Å². The molecule has 0 aromatic carbocycles. The third-order valence-electron chi connectivity index (χ3n) is 17.6. The number of nitrogens with one attached hydrogen (secondary N) is 1. The molecule has 3 aliphatic rings. The Bertz CT molecular complexity index is 2140. The second kappa shape index (κ2) is 56.2. The molecule has 19 nitrogen and oxygen atoms in total. The normalized spacial score (nSPS) is 27.9. The first-order chi connectivity index (χ1) is 46.3. The predicted octanol–water partition coefficient (Wildman–Crippen LogP) is 10.6. The number of carbonyl (C=O) groups excluding carboxylic acids is 1. The SMILES string of the molecule is CC/C=C\C/C=C\C/C=C\C/C=C\C/C=C\C/C=C\C/C=C\C/C=C\CCCCCCCCCCCCC(=O)NC(COC1OC(CO)C(OC2OC(CO)C(OC3OC(CO)C(O)C(O)C3O)C(O)C2O)C(O)C1O)C(O)/C=C/CCCCCCCCCCCCCCC. The summed E-state index contributed by atoms with van der Waals surface area (Å²) in [5.74, 6) is -0.284. The van der Waals surface area contributed by atoms with Crippen molar-refractivity contribution in [2.75, 3.05) is 26.4 Å². The number of carbonyl (C=O) groups is 1. The van der Waals surface area contributed by atoms with Crippen LogP contribution in [0.15, 0.2) is 109 Å². The molecule has 1 amide bonds. The first-order valence-corrected chi connectivity index (χ1v) is 36.6. The molecule has 0 bridgehead atoms. The lowest BCUT2D eigenvalue weighted by atomic mass is 9.96. The van der Waals surface area contributed by atoms with E-state index in [-0.39, 0.29) is 18.9 Å². The zero-order valence-electron chi connectivity index (χ0n) is 57.9. The molecule has 3 aliphatic heterocycles. The van der Waals surface area contributed by atoms with E-state index in [9.17, 15) is 61.0 Å². The largest absolute Gasteiger partial charge is 0.394 e. The number of unbranched alkanes of at least 4 members (excludes halogenated alkanes) is 23. The highest BCUT2D eigenvalue weighted by Crippen LogP contribution is 2.33. The fourth-order valence-corrected chi connectivity index (χ4v) is 11.7. The summed E-state index contributed by atoms with van der Waals surface area (Å²) in [7, 11) is 0. The maximum Gasteiger partial charge on any atom is 0.220 e. The van der Waals surface area contributed by atoms with E-state index in [1.165, 1.54) is 96.3 Å². The van der Waals surface area contributed by atoms with Gasteiger partial charge in [0.15, 0.2) is 18.9 Å². The molecule has 546 valence electrons. The molecule has 3 heterocycles. The van der Waals surface area contributed by atoms with Crippen molar-refractivity contribution in [2.24, 2.45) is 0 Å². The highest BCUT2D eigenvalue weighted by Gasteiger charge is 2.53. The van der Waals surface area contributed by atoms with Crippen LogP contribution in [0.25, 0.3) is 0 Å². The lowest BCUT2D eigenvalue weighted by Crippen LogP contribution is -2.66. The van der Waals surface area contributed by atoms with Crippen LogP contribution in [0.1, 0.15) is 232 Å². The Morgan fingerprint density at radius 2 is 0.726 bits per heavy atom. The van der Waals surface area contributed by atoms with E-state index in [4.69, 9.17) is 28.4 Å². The van der Waals surface area contributed by atoms with Gasteiger partial charge in [-0.2, -0.15) is 0 Å². The van der Waals surface area contributed by atoms with E-state index < -0.39 is 124 Å². The van der Waals surface area contributed by atoms with E-state index in [1.807, 2.05) is 6.08 Å². The predicted molar refractivity (Wildman–Crippen MR) is 374 cm³/mol. The summed E-state index contributed by atoms with van der Waals surface area (Å²) >= 11 is 0. The van der Waals surface area contributed by atoms with Crippen LogP contribution in [-0.4, -0.2) is 193 Å². The second-order valence-electron chi connectivity index (χ2n) is 25.7. The molecule has 17 atom stereocenters. The van der Waals surface area contributed by atoms with Gasteiger partial charge in [-0.05, 0) is 83.5 Å². The lowest BCUT2D eigenvalue weighted by Gasteiger charge is -2.48. The Morgan fingerprint density at radius 3 is 1.14 bits per heavy atom. The van der Waals surface area contributed by atoms with Crippen LogP contribution in [0.2, 0.25) is 0 Å². The monoisotopic (exact) mass is 1340 g/mol. The zero-order chi connectivity index (χ0) is 68.9. The number of amides is 1. The fraction of sp³-hybridized carbons (Fsp3) is 0.750. The Morgan fingerprint density at radius 1 is 0.389 bits per heavy atom. The maximum atomic E-state index is 13.4. The van der Waals surface area contributed by atoms with Gasteiger partial charge in [-0.3, -0.25) is 4.79 Å². The van der Waals surface area contributed by atoms with E-state index in [0.717, 1.165) is 109 Å². The molecule has 19 heteroatoms. The molecule has 0 aromatic heterocycles. The standard InChI is InChI=1S/C76H129NO18/c1-3-5-7-9-11-13-15-17-19-20-21-22-23-24-25-26-27-28-29-30-31-32-33-34-35-36-37-38-40-42-44-46-48-50-52-54-64(82)77-59(60(81)53-51-49-47-45-43-41-39-18-16-14-12-10-8-6-4-2)58-90-74-70(88)67(85)72(62(56-79)92-74)95-76-71(89)68(86)73(63(57-80)93-76)94-75-69(87)66(84)65(83)61(55-78)91-75/h5,7,11,13,17,19,21-22,24-25,27-28,30-31,33-34,51,53,59-63,65-76,78-81,83-89H,3-4,6,8-10,12,14-16,18,20,23,26,29,32,35-50,52,54-58H2,1-2H3,(H,77,82)/b7-5-,13-11-,19-17-,22-21-,25-24-,28-27-,31-30-,34-33-,53-51+. The minimum absolute atomic E-state index is 0.232. The van der Waals surface area contributed by atoms with Crippen LogP contribution in [0.5, 0.6) is 0 Å². The molecular formula is C76H129NO18. The summed E-state index contributed by atoms with van der Waals surface area (Å²) in [6.45, 7) is 1.60. The van der Waals surface area contributed by atoms with Gasteiger partial charge in [0, 0.05) is 6.42 Å². The van der Waals surface area contributed by atoms with Gasteiger partial charge in [-0.25, -0.2) is 0 Å². The third-order valence-corrected chi connectivity index (χ3v) is 17.6. The Kier molecular flexibility index (Phi) is 50.7. The summed E-state index contributed by atoms with van der Waals surface area (Å²) in [6.07, 6.45) is 49.2. The van der Waals surface area contributed by atoms with E-state index in [1.54, 1.807) is 6.08 Å². The lowest BCUT2D eigenvalue weighted by molar-refractivity contribution is -0.379. The number of allylic oxidation sites excluding steroid dienone is 17. The Balaban J connectivity index is 1.37. The van der Waals surface area contributed by atoms with Crippen LogP contribution in [-0.2, 0) is 33.2 Å². The Labute approximate surface area is 570 Å². The van der Waals surface area contributed by atoms with Crippen molar-refractivity contribution < 1.29 is 89.4 Å². The fourth-order valence-electron chi connectivity index (χ4n) is 11.7. The summed E-state index contributed by atoms with van der Waals surface area (Å²) < 4.78 is 34.3. The van der Waals surface area contributed by atoms with Gasteiger partial charge in [-0.1, -0.05) is 252 Å². The van der Waals surface area contributed by atoms with Gasteiger partial charge in [0.25, 0.3) is 0 Å². The second-order valence-corrected chi connectivity index (χ2v) is 25.7. The van der Waals surface area contributed by atoms with Crippen molar-refractivity contribution in [2.45, 2.75) is 336 Å². The number of hydrogen-bond acceptors (Lipinski definition) is 18. The molecule has 0 radical (unpaired) electrons. The molecule has 95 heavy (non-hydrogen) atoms. The molecule has 3 fully saturated rings. The van der Waals surface area contributed by atoms with Gasteiger partial charge in [-0.15, -0.1) is 0 Å². The first kappa shape index (κ1) is 85.7. The first-order valence-electron chi connectivity index (χ1n) is 36.6. The smallest absolute Gasteiger partial charge is 0.220 e. The molecule has 0 saturated carbocycles. The van der Waals surface area contributed by atoms with Crippen LogP contribution >= 0.6 is 0 Å². The minimum Gasteiger partial charge on any atom is -0.394 e. The number of rotatable bonds is 55. The zero-order valence-corrected chi connectivity index (χ0v) is 57.9. The molecule has 0 aromatic rings. The quantitative estimate of drug-likeness (QED) is 0.0199. The van der Waals surface area contributed by atoms with E-state index in [0.29, 0.717) is 6.42 Å². The number of hydrogen-bond donors (Lipinski definition) is 12. The molecule has 3 saturated heterocycles. The molecular weight excluding hydrogens is 1210 g/mol. The molecule has 0 spiro atoms. The topological polar surface area (TPSA) is 307 Å². The van der Waals surface area contributed by atoms with Gasteiger partial charge in [0.1, 0.15) is 73.2 Å². The van der Waals surface area contributed by atoms with Crippen molar-refractivity contribution in [3.8, 4) is 0 Å². The van der Waals surface area contributed by atoms with Crippen LogP contribution in [0.4, 0.5) is 0 Å². The summed E-state index contributed by atoms with van der Waals surface area (Å²) in [4.78, 5) is 13.4. The molecule has 17 unspecified atom stereocenters. The van der Waals surface area contributed by atoms with Gasteiger partial charge >= 0.3 is 0 Å². The number of aliphatic hydroxyl groups is 11. The van der Waals surface area contributed by atoms with Crippen LogP contribution < -0.4 is 5.32 Å². The van der Waals surface area contributed by atoms with Crippen molar-refractivity contribution >= 4 is 5.91 Å². The van der Waals surface area contributed by atoms with Crippen molar-refractivity contribution in [3.05, 3.63) is 109 Å². The highest BCUT2D eigenvalue weighted by molar-refractivity contribution is 5.76. The minimum atomic E-state index is -1.98. The molecule has 0 aliphatic carbocycles. The maximum absolute atomic E-state index is 13.4. The molecule has 12 N–H and O–H groups in total. The number of ether oxygens (including phenoxy) is 6. The van der Waals surface area contributed by atoms with Crippen molar-refractivity contribution in [1.29, 1.82) is 0 Å². The van der Waals surface area contributed by atoms with Gasteiger partial charge < -0.3 is 89.9 Å². The van der Waals surface area contributed by atoms with E-state index in [2.05, 4.69) is 116 Å². The van der Waals surface area contributed by atoms with Crippen molar-refractivity contribution in [1.82, 2.24) is 5.32 Å². The summed E-state index contributed by atoms with van der Waals surface area (Å²) in [5.41, 5.74) is 0. The Hall–Kier alpha value is -3.55. The third kappa shape index (κ3) is 37.5. The van der Waals surface area contributed by atoms with Gasteiger partial charge in [0.2, 0.25) is 5.91 Å². The molecule has 3 rings (SSSR count). The number of aliphatic hydroxyl groups excluding tert-OH is 11. The summed E-state index contributed by atoms with van der Waals surface area (Å²) in [5, 5.41) is 121. The average molecular weight is 1340 g/mol. The van der Waals surface area contributed by atoms with Crippen molar-refractivity contribution in [3.63, 3.8) is 0 Å². The average Bonchev–Trinajstić information content (AvgIpc) is 0.799. The van der Waals surface area contributed by atoms with Crippen LogP contribution in [0.3, 0.4) is 0 Å².